The molecule has 1 fully saturated rings. The van der Waals surface area contributed by atoms with Gasteiger partial charge in [-0.15, -0.1) is 0 Å². The molecule has 1 aliphatic rings. The SMILES string of the molecule is CC.CC.CCC[C@H](Nc1nc(CN2CCN(C(c3ccc(C)cc3)c3ccc(Cl)cc3)CC2)nc2ccccc12)C(N)=O. The van der Waals surface area contributed by atoms with E-state index in [1.54, 1.807) is 0 Å². The minimum atomic E-state index is -0.466. The smallest absolute Gasteiger partial charge is 0.239 e. The number of hydrogen-bond acceptors (Lipinski definition) is 6. The fourth-order valence-electron chi connectivity index (χ4n) is 5.43. The summed E-state index contributed by atoms with van der Waals surface area (Å²) in [6.45, 7) is 16.4. The van der Waals surface area contributed by atoms with E-state index in [1.165, 1.54) is 16.7 Å². The molecule has 0 radical (unpaired) electrons. The summed E-state index contributed by atoms with van der Waals surface area (Å²) in [7, 11) is 0. The molecule has 0 bridgehead atoms. The van der Waals surface area contributed by atoms with Gasteiger partial charge in [0.2, 0.25) is 5.91 Å². The van der Waals surface area contributed by atoms with E-state index in [2.05, 4.69) is 58.4 Å². The van der Waals surface area contributed by atoms with Gasteiger partial charge >= 0.3 is 0 Å². The van der Waals surface area contributed by atoms with Gasteiger partial charge in [0.15, 0.2) is 0 Å². The minimum absolute atomic E-state index is 0.164. The topological polar surface area (TPSA) is 87.4 Å². The molecule has 0 saturated carbocycles. The number of benzene rings is 3. The van der Waals surface area contributed by atoms with Crippen molar-refractivity contribution in [3.8, 4) is 0 Å². The van der Waals surface area contributed by atoms with Crippen LogP contribution in [0.5, 0.6) is 0 Å². The zero-order chi connectivity index (χ0) is 32.1. The molecule has 0 spiro atoms. The van der Waals surface area contributed by atoms with Gasteiger partial charge in [0.25, 0.3) is 0 Å². The van der Waals surface area contributed by atoms with Gasteiger partial charge in [0.05, 0.1) is 18.1 Å². The summed E-state index contributed by atoms with van der Waals surface area (Å²) in [5.41, 5.74) is 10.3. The molecule has 1 unspecified atom stereocenters. The number of carbonyl (C=O) groups is 1. The number of nitrogens with zero attached hydrogens (tertiary/aromatic N) is 4. The molecule has 4 aromatic rings. The molecule has 236 valence electrons. The highest BCUT2D eigenvalue weighted by Gasteiger charge is 2.27. The number of halogens is 1. The average molecular weight is 617 g/mol. The third-order valence-corrected chi connectivity index (χ3v) is 7.85. The summed E-state index contributed by atoms with van der Waals surface area (Å²) in [6.07, 6.45) is 1.50. The second-order valence-electron chi connectivity index (χ2n) is 10.6. The molecule has 1 saturated heterocycles. The fourth-order valence-corrected chi connectivity index (χ4v) is 5.56. The number of nitrogens with two attached hydrogens (primary N) is 1. The Balaban J connectivity index is 0.00000127. The Morgan fingerprint density at radius 1 is 0.886 bits per heavy atom. The van der Waals surface area contributed by atoms with Crippen LogP contribution in [0.25, 0.3) is 10.9 Å². The van der Waals surface area contributed by atoms with E-state index >= 15 is 0 Å². The summed E-state index contributed by atoms with van der Waals surface area (Å²) in [5.74, 6) is 1.03. The van der Waals surface area contributed by atoms with E-state index in [9.17, 15) is 4.79 Å². The van der Waals surface area contributed by atoms with Crippen LogP contribution in [0.1, 0.15) is 76.0 Å². The van der Waals surface area contributed by atoms with Crippen LogP contribution in [0.2, 0.25) is 5.02 Å². The number of aryl methyl sites for hydroxylation is 1. The Labute approximate surface area is 268 Å². The molecule has 3 N–H and O–H groups in total. The van der Waals surface area contributed by atoms with Crippen LogP contribution in [0.4, 0.5) is 5.82 Å². The predicted octanol–water partition coefficient (Wildman–Crippen LogP) is 7.62. The van der Waals surface area contributed by atoms with Gasteiger partial charge in [0, 0.05) is 36.6 Å². The lowest BCUT2D eigenvalue weighted by Crippen LogP contribution is -2.47. The van der Waals surface area contributed by atoms with Crippen molar-refractivity contribution in [1.82, 2.24) is 19.8 Å². The minimum Gasteiger partial charge on any atom is -0.368 e. The number of primary amides is 1. The van der Waals surface area contributed by atoms with E-state index in [4.69, 9.17) is 27.3 Å². The van der Waals surface area contributed by atoms with Crippen LogP contribution in [-0.4, -0.2) is 57.9 Å². The summed E-state index contributed by atoms with van der Waals surface area (Å²) >= 11 is 6.21. The van der Waals surface area contributed by atoms with Gasteiger partial charge in [-0.25, -0.2) is 9.97 Å². The second-order valence-corrected chi connectivity index (χ2v) is 11.0. The van der Waals surface area contributed by atoms with Crippen molar-refractivity contribution in [2.24, 2.45) is 5.73 Å². The van der Waals surface area contributed by atoms with Gasteiger partial charge in [-0.05, 0) is 48.7 Å². The standard InChI is InChI=1S/C32H37ClN6O.2C2H6/c1-3-6-28(31(34)40)36-32-26-7-4-5-8-27(26)35-29(37-32)21-38-17-19-39(20-18-38)30(23-11-9-22(2)10-12-23)24-13-15-25(33)16-14-24;2*1-2/h4-5,7-16,28,30H,3,6,17-21H2,1-2H3,(H2,34,40)(H,35,36,37);2*1-2H3/t28-,30?;;/m0../s1. The number of hydrogen-bond donors (Lipinski definition) is 2. The first-order valence-corrected chi connectivity index (χ1v) is 16.4. The number of anilines is 1. The van der Waals surface area contributed by atoms with Crippen molar-refractivity contribution in [3.05, 3.63) is 100 Å². The van der Waals surface area contributed by atoms with E-state index in [0.29, 0.717) is 18.8 Å². The molecule has 5 rings (SSSR count). The Kier molecular flexibility index (Phi) is 14.1. The highest BCUT2D eigenvalue weighted by molar-refractivity contribution is 6.30. The summed E-state index contributed by atoms with van der Waals surface area (Å²) in [4.78, 5) is 26.7. The zero-order valence-electron chi connectivity index (χ0n) is 27.2. The van der Waals surface area contributed by atoms with Crippen LogP contribution < -0.4 is 11.1 Å². The number of amides is 1. The van der Waals surface area contributed by atoms with E-state index in [1.807, 2.05) is 71.0 Å². The molecule has 1 aromatic heterocycles. The number of rotatable bonds is 10. The monoisotopic (exact) mass is 616 g/mol. The molecule has 7 nitrogen and oxygen atoms in total. The highest BCUT2D eigenvalue weighted by Crippen LogP contribution is 2.31. The largest absolute Gasteiger partial charge is 0.368 e. The fraction of sp³-hybridized carbons (Fsp3) is 0.417. The molecular formula is C36H49ClN6O. The Morgan fingerprint density at radius 3 is 2.07 bits per heavy atom. The molecule has 1 aliphatic heterocycles. The third-order valence-electron chi connectivity index (χ3n) is 7.60. The first kappa shape index (κ1) is 35.0. The number of piperazine rings is 1. The number of fused-ring (bicyclic) bond motifs is 1. The lowest BCUT2D eigenvalue weighted by molar-refractivity contribution is -0.118. The maximum absolute atomic E-state index is 12.1. The summed E-state index contributed by atoms with van der Waals surface area (Å²) < 4.78 is 0. The molecule has 2 atom stereocenters. The van der Waals surface area contributed by atoms with Crippen molar-refractivity contribution in [2.75, 3.05) is 31.5 Å². The van der Waals surface area contributed by atoms with Crippen molar-refractivity contribution < 1.29 is 4.79 Å². The van der Waals surface area contributed by atoms with Gasteiger partial charge in [-0.3, -0.25) is 14.6 Å². The van der Waals surface area contributed by atoms with Crippen molar-refractivity contribution in [2.45, 2.75) is 73.0 Å². The van der Waals surface area contributed by atoms with E-state index in [-0.39, 0.29) is 11.9 Å². The van der Waals surface area contributed by atoms with Crippen molar-refractivity contribution in [3.63, 3.8) is 0 Å². The molecule has 1 amide bonds. The first-order chi connectivity index (χ1) is 21.4. The summed E-state index contributed by atoms with van der Waals surface area (Å²) in [6, 6.07) is 24.6. The van der Waals surface area contributed by atoms with Gasteiger partial charge in [-0.2, -0.15) is 0 Å². The third kappa shape index (κ3) is 9.24. The van der Waals surface area contributed by atoms with Crippen LogP contribution in [0, 0.1) is 6.92 Å². The number of para-hydroxylation sites is 1. The molecule has 44 heavy (non-hydrogen) atoms. The van der Waals surface area contributed by atoms with Crippen molar-refractivity contribution >= 4 is 34.2 Å². The van der Waals surface area contributed by atoms with Gasteiger partial charge in [0.1, 0.15) is 17.7 Å². The van der Waals surface area contributed by atoms with Gasteiger partial charge in [-0.1, -0.05) is 107 Å². The maximum atomic E-state index is 12.1. The normalized spacial score (nSPS) is 14.9. The number of aromatic nitrogens is 2. The van der Waals surface area contributed by atoms with Crippen LogP contribution in [-0.2, 0) is 11.3 Å². The Bertz CT molecular complexity index is 1390. The molecule has 8 heteroatoms. The quantitative estimate of drug-likeness (QED) is 0.191. The number of nitrogens with one attached hydrogen (secondary N) is 1. The summed E-state index contributed by atoms with van der Waals surface area (Å²) in [5, 5.41) is 4.94. The number of carbonyl (C=O) groups excluding carboxylic acids is 1. The van der Waals surface area contributed by atoms with Crippen LogP contribution in [0.15, 0.2) is 72.8 Å². The van der Waals surface area contributed by atoms with E-state index in [0.717, 1.165) is 54.3 Å². The molecule has 0 aliphatic carbocycles. The average Bonchev–Trinajstić information content (AvgIpc) is 3.05. The molecule has 3 aromatic carbocycles. The van der Waals surface area contributed by atoms with Gasteiger partial charge < -0.3 is 11.1 Å². The lowest BCUT2D eigenvalue weighted by Gasteiger charge is -2.39. The first-order valence-electron chi connectivity index (χ1n) is 16.0. The van der Waals surface area contributed by atoms with Crippen LogP contribution >= 0.6 is 11.6 Å². The Hall–Kier alpha value is -3.52. The second kappa shape index (κ2) is 17.7. The van der Waals surface area contributed by atoms with Crippen molar-refractivity contribution in [1.29, 1.82) is 0 Å². The maximum Gasteiger partial charge on any atom is 0.239 e. The predicted molar refractivity (Wildman–Crippen MR) is 185 cm³/mol. The zero-order valence-corrected chi connectivity index (χ0v) is 27.9. The lowest BCUT2D eigenvalue weighted by atomic mass is 9.95. The van der Waals surface area contributed by atoms with Crippen LogP contribution in [0.3, 0.4) is 0 Å². The highest BCUT2D eigenvalue weighted by atomic mass is 35.5. The molecule has 2 heterocycles. The molecular weight excluding hydrogens is 568 g/mol. The Morgan fingerprint density at radius 2 is 1.48 bits per heavy atom. The van der Waals surface area contributed by atoms with E-state index < -0.39 is 6.04 Å².